The maximum Gasteiger partial charge on any atom is 0.244 e. The quantitative estimate of drug-likeness (QED) is 0.470. The molecule has 0 aromatic heterocycles. The molecule has 0 saturated heterocycles. The molecule has 11 heteroatoms. The van der Waals surface area contributed by atoms with Crippen molar-refractivity contribution < 1.29 is 18.0 Å². The molecule has 2 amide bonds. The van der Waals surface area contributed by atoms with Crippen LogP contribution in [0.2, 0.25) is 15.1 Å². The van der Waals surface area contributed by atoms with Crippen LogP contribution in [0.3, 0.4) is 0 Å². The smallest absolute Gasteiger partial charge is 0.244 e. The Kier molecular flexibility index (Phi) is 10.1. The highest BCUT2D eigenvalue weighted by Crippen LogP contribution is 2.33. The van der Waals surface area contributed by atoms with E-state index in [4.69, 9.17) is 34.8 Å². The number of amides is 2. The van der Waals surface area contributed by atoms with Crippen LogP contribution in [0.25, 0.3) is 0 Å². The number of carbonyl (C=O) groups is 2. The molecule has 0 fully saturated rings. The predicted molar refractivity (Wildman–Crippen MR) is 138 cm³/mol. The fourth-order valence-corrected chi connectivity index (χ4v) is 4.53. The van der Waals surface area contributed by atoms with Gasteiger partial charge in [0.05, 0.1) is 22.0 Å². The average Bonchev–Trinajstić information content (AvgIpc) is 2.76. The number of carbonyl (C=O) groups excluding carboxylic acids is 2. The SMILES string of the molecule is CC(C)CNC(=O)C(C)N(Cc1ccc(Cl)cc1)C(=O)CN(c1cccc(Cl)c1Cl)S(C)(=O)=O. The number of rotatable bonds is 10. The molecule has 0 bridgehead atoms. The van der Waals surface area contributed by atoms with Crippen molar-refractivity contribution in [3.8, 4) is 0 Å². The molecule has 0 radical (unpaired) electrons. The lowest BCUT2D eigenvalue weighted by molar-refractivity contribution is -0.139. The van der Waals surface area contributed by atoms with Crippen molar-refractivity contribution in [1.29, 1.82) is 0 Å². The summed E-state index contributed by atoms with van der Waals surface area (Å²) < 4.78 is 26.1. The van der Waals surface area contributed by atoms with Crippen molar-refractivity contribution in [2.75, 3.05) is 23.7 Å². The van der Waals surface area contributed by atoms with E-state index >= 15 is 0 Å². The molecule has 0 aliphatic heterocycles. The van der Waals surface area contributed by atoms with Gasteiger partial charge in [-0.15, -0.1) is 0 Å². The standard InChI is InChI=1S/C23H28Cl3N3O4S/c1-15(2)12-27-23(31)16(3)28(13-17-8-10-18(24)11-9-17)21(30)14-29(34(4,32)33)20-7-5-6-19(25)22(20)26/h5-11,15-16H,12-14H2,1-4H3,(H,27,31). The van der Waals surface area contributed by atoms with Crippen LogP contribution in [0, 0.1) is 5.92 Å². The second-order valence-electron chi connectivity index (χ2n) is 8.31. The van der Waals surface area contributed by atoms with E-state index in [2.05, 4.69) is 5.32 Å². The molecule has 2 rings (SSSR count). The Morgan fingerprint density at radius 1 is 1.00 bits per heavy atom. The molecule has 1 atom stereocenters. The van der Waals surface area contributed by atoms with E-state index in [9.17, 15) is 18.0 Å². The Bertz CT molecular complexity index is 1120. The van der Waals surface area contributed by atoms with Crippen LogP contribution in [0.1, 0.15) is 26.3 Å². The van der Waals surface area contributed by atoms with Gasteiger partial charge in [0.25, 0.3) is 0 Å². The van der Waals surface area contributed by atoms with Crippen LogP contribution in [0.5, 0.6) is 0 Å². The summed E-state index contributed by atoms with van der Waals surface area (Å²) in [6.07, 6.45) is 0.972. The number of nitrogens with one attached hydrogen (secondary N) is 1. The Hall–Kier alpha value is -2.00. The fourth-order valence-electron chi connectivity index (χ4n) is 3.10. The van der Waals surface area contributed by atoms with Crippen molar-refractivity contribution in [3.05, 3.63) is 63.1 Å². The molecular weight excluding hydrogens is 521 g/mol. The number of hydrogen-bond acceptors (Lipinski definition) is 4. The van der Waals surface area contributed by atoms with Gasteiger partial charge in [-0.2, -0.15) is 0 Å². The molecular formula is C23H28Cl3N3O4S. The zero-order valence-corrected chi connectivity index (χ0v) is 22.5. The van der Waals surface area contributed by atoms with Crippen LogP contribution in [-0.2, 0) is 26.2 Å². The minimum atomic E-state index is -3.91. The maximum absolute atomic E-state index is 13.5. The summed E-state index contributed by atoms with van der Waals surface area (Å²) in [6, 6.07) is 10.5. The first-order chi connectivity index (χ1) is 15.8. The van der Waals surface area contributed by atoms with Crippen molar-refractivity contribution >= 4 is 62.3 Å². The van der Waals surface area contributed by atoms with Crippen LogP contribution in [0.15, 0.2) is 42.5 Å². The van der Waals surface area contributed by atoms with Crippen LogP contribution < -0.4 is 9.62 Å². The molecule has 1 unspecified atom stereocenters. The Morgan fingerprint density at radius 3 is 2.18 bits per heavy atom. The molecule has 0 aliphatic carbocycles. The van der Waals surface area contributed by atoms with Gasteiger partial charge >= 0.3 is 0 Å². The van der Waals surface area contributed by atoms with Gasteiger partial charge in [-0.25, -0.2) is 8.42 Å². The monoisotopic (exact) mass is 547 g/mol. The van der Waals surface area contributed by atoms with Crippen molar-refractivity contribution in [3.63, 3.8) is 0 Å². The third kappa shape index (κ3) is 7.77. The van der Waals surface area contributed by atoms with Gasteiger partial charge in [0, 0.05) is 18.1 Å². The van der Waals surface area contributed by atoms with E-state index in [0.717, 1.165) is 16.1 Å². The zero-order valence-electron chi connectivity index (χ0n) is 19.4. The van der Waals surface area contributed by atoms with Crippen molar-refractivity contribution in [2.45, 2.75) is 33.4 Å². The first-order valence-electron chi connectivity index (χ1n) is 10.5. The van der Waals surface area contributed by atoms with Gasteiger partial charge in [-0.3, -0.25) is 13.9 Å². The molecule has 0 spiro atoms. The van der Waals surface area contributed by atoms with Gasteiger partial charge in [0.1, 0.15) is 12.6 Å². The van der Waals surface area contributed by atoms with Gasteiger partial charge in [-0.05, 0) is 42.7 Å². The minimum absolute atomic E-state index is 0.00867. The highest BCUT2D eigenvalue weighted by atomic mass is 35.5. The summed E-state index contributed by atoms with van der Waals surface area (Å²) in [4.78, 5) is 27.6. The lowest BCUT2D eigenvalue weighted by Gasteiger charge is -2.32. The first-order valence-corrected chi connectivity index (χ1v) is 13.5. The second-order valence-corrected chi connectivity index (χ2v) is 11.4. The number of anilines is 1. The molecule has 2 aromatic carbocycles. The summed E-state index contributed by atoms with van der Waals surface area (Å²) >= 11 is 18.3. The zero-order chi connectivity index (χ0) is 25.6. The largest absolute Gasteiger partial charge is 0.354 e. The Morgan fingerprint density at radius 2 is 1.62 bits per heavy atom. The molecule has 0 aliphatic rings. The third-order valence-corrected chi connectivity index (χ3v) is 7.18. The molecule has 0 heterocycles. The summed E-state index contributed by atoms with van der Waals surface area (Å²) in [7, 11) is -3.91. The van der Waals surface area contributed by atoms with Crippen molar-refractivity contribution in [1.82, 2.24) is 10.2 Å². The predicted octanol–water partition coefficient (Wildman–Crippen LogP) is 4.60. The van der Waals surface area contributed by atoms with E-state index in [1.807, 2.05) is 13.8 Å². The summed E-state index contributed by atoms with van der Waals surface area (Å²) in [6.45, 7) is 5.47. The summed E-state index contributed by atoms with van der Waals surface area (Å²) in [5.74, 6) is -0.700. The number of hydrogen-bond donors (Lipinski definition) is 1. The van der Waals surface area contributed by atoms with Gasteiger partial charge in [0.15, 0.2) is 0 Å². The number of nitrogens with zero attached hydrogens (tertiary/aromatic N) is 2. The molecule has 186 valence electrons. The van der Waals surface area contributed by atoms with E-state index in [1.54, 1.807) is 37.3 Å². The first kappa shape index (κ1) is 28.2. The lowest BCUT2D eigenvalue weighted by Crippen LogP contribution is -2.51. The van der Waals surface area contributed by atoms with Crippen LogP contribution in [0.4, 0.5) is 5.69 Å². The normalized spacial score (nSPS) is 12.4. The fraction of sp³-hybridized carbons (Fsp3) is 0.391. The van der Waals surface area contributed by atoms with Crippen LogP contribution in [-0.4, -0.2) is 50.5 Å². The second kappa shape index (κ2) is 12.1. The van der Waals surface area contributed by atoms with Gasteiger partial charge < -0.3 is 10.2 Å². The van der Waals surface area contributed by atoms with E-state index in [-0.39, 0.29) is 34.1 Å². The molecule has 1 N–H and O–H groups in total. The Labute approximate surface area is 216 Å². The number of halogens is 3. The lowest BCUT2D eigenvalue weighted by atomic mass is 10.1. The molecule has 0 saturated carbocycles. The molecule has 34 heavy (non-hydrogen) atoms. The minimum Gasteiger partial charge on any atom is -0.354 e. The van der Waals surface area contributed by atoms with E-state index in [0.29, 0.717) is 11.6 Å². The van der Waals surface area contributed by atoms with Gasteiger partial charge in [-0.1, -0.05) is 66.8 Å². The van der Waals surface area contributed by atoms with Crippen LogP contribution >= 0.6 is 34.8 Å². The van der Waals surface area contributed by atoms with Crippen molar-refractivity contribution in [2.24, 2.45) is 5.92 Å². The maximum atomic E-state index is 13.5. The summed E-state index contributed by atoms with van der Waals surface area (Å²) in [5, 5.41) is 3.51. The van der Waals surface area contributed by atoms with E-state index in [1.165, 1.54) is 17.0 Å². The summed E-state index contributed by atoms with van der Waals surface area (Å²) in [5.41, 5.74) is 0.807. The average molecular weight is 549 g/mol. The topological polar surface area (TPSA) is 86.8 Å². The third-order valence-electron chi connectivity index (χ3n) is 5.00. The number of sulfonamides is 1. The highest BCUT2D eigenvalue weighted by molar-refractivity contribution is 7.92. The molecule has 7 nitrogen and oxygen atoms in total. The molecule has 2 aromatic rings. The van der Waals surface area contributed by atoms with Gasteiger partial charge in [0.2, 0.25) is 21.8 Å². The highest BCUT2D eigenvalue weighted by Gasteiger charge is 2.31. The number of benzene rings is 2. The van der Waals surface area contributed by atoms with E-state index < -0.39 is 28.5 Å². The Balaban J connectivity index is 2.40.